The predicted octanol–water partition coefficient (Wildman–Crippen LogP) is 16.3. The number of furan rings is 1. The number of aryl methyl sites for hydroxylation is 1. The largest absolute Gasteiger partial charge is 0.468 e. The van der Waals surface area contributed by atoms with E-state index in [1.54, 1.807) is 11.1 Å². The van der Waals surface area contributed by atoms with Gasteiger partial charge >= 0.3 is 0 Å². The van der Waals surface area contributed by atoms with Crippen LogP contribution in [0.5, 0.6) is 0 Å². The minimum Gasteiger partial charge on any atom is -0.468 e. The molecule has 4 aromatic carbocycles. The van der Waals surface area contributed by atoms with Crippen LogP contribution in [0.25, 0.3) is 11.0 Å². The van der Waals surface area contributed by atoms with E-state index < -0.39 is 0 Å². The van der Waals surface area contributed by atoms with Crippen LogP contribution < -0.4 is 26.4 Å². The molecule has 6 aliphatic rings. The van der Waals surface area contributed by atoms with Crippen LogP contribution in [-0.4, -0.2) is 12.8 Å². The second kappa shape index (κ2) is 14.4. The lowest BCUT2D eigenvalue weighted by molar-refractivity contribution is 0.256. The van der Waals surface area contributed by atoms with Crippen molar-refractivity contribution in [3.05, 3.63) is 117 Å². The van der Waals surface area contributed by atoms with Gasteiger partial charge in [0.1, 0.15) is 5.58 Å². The van der Waals surface area contributed by atoms with Gasteiger partial charge in [-0.05, 0) is 187 Å². The highest BCUT2D eigenvalue weighted by molar-refractivity contribution is 6.99. The smallest absolute Gasteiger partial charge is 0.297 e. The Morgan fingerprint density at radius 2 is 1.09 bits per heavy atom. The van der Waals surface area contributed by atoms with Crippen molar-refractivity contribution in [2.75, 3.05) is 9.80 Å². The van der Waals surface area contributed by atoms with E-state index in [1.807, 2.05) is 0 Å². The van der Waals surface area contributed by atoms with Gasteiger partial charge in [0, 0.05) is 28.1 Å². The zero-order valence-electron chi connectivity index (χ0n) is 46.3. The van der Waals surface area contributed by atoms with Crippen molar-refractivity contribution in [2.24, 2.45) is 10.8 Å². The van der Waals surface area contributed by atoms with E-state index in [1.165, 1.54) is 122 Å². The van der Waals surface area contributed by atoms with Crippen molar-refractivity contribution in [3.8, 4) is 0 Å². The van der Waals surface area contributed by atoms with E-state index in [0.717, 1.165) is 17.7 Å². The molecule has 1 aromatic heterocycles. The van der Waals surface area contributed by atoms with Gasteiger partial charge in [-0.15, -0.1) is 0 Å². The summed E-state index contributed by atoms with van der Waals surface area (Å²) >= 11 is 0. The van der Waals surface area contributed by atoms with Crippen LogP contribution in [0.3, 0.4) is 0 Å². The maximum atomic E-state index is 7.75. The molecule has 2 aliphatic heterocycles. The molecule has 0 amide bonds. The van der Waals surface area contributed by atoms with Crippen molar-refractivity contribution in [1.82, 2.24) is 0 Å². The number of anilines is 5. The van der Waals surface area contributed by atoms with Crippen molar-refractivity contribution >= 4 is 62.7 Å². The van der Waals surface area contributed by atoms with E-state index >= 15 is 0 Å². The van der Waals surface area contributed by atoms with E-state index in [4.69, 9.17) is 4.42 Å². The average Bonchev–Trinajstić information content (AvgIpc) is 3.62. The summed E-state index contributed by atoms with van der Waals surface area (Å²) in [5.74, 6) is 0. The summed E-state index contributed by atoms with van der Waals surface area (Å²) in [5, 5.41) is 1.24. The van der Waals surface area contributed by atoms with Gasteiger partial charge in [0.15, 0.2) is 0 Å². The van der Waals surface area contributed by atoms with Crippen LogP contribution in [0.15, 0.2) is 82.3 Å². The van der Waals surface area contributed by atoms with Crippen molar-refractivity contribution in [2.45, 2.75) is 215 Å². The summed E-state index contributed by atoms with van der Waals surface area (Å²) < 4.78 is 7.75. The lowest BCUT2D eigenvalue weighted by Gasteiger charge is -2.50. The van der Waals surface area contributed by atoms with E-state index in [0.29, 0.717) is 0 Å². The molecule has 362 valence electrons. The number of allylic oxidation sites excluding steroid dienone is 2. The summed E-state index contributed by atoms with van der Waals surface area (Å²) in [6.07, 6.45) is 13.3. The number of benzene rings is 4. The molecule has 5 aromatic rings. The molecule has 0 saturated carbocycles. The monoisotopic (exact) mass is 919 g/mol. The fourth-order valence-corrected chi connectivity index (χ4v) is 14.1. The first kappa shape index (κ1) is 46.9. The quantitative estimate of drug-likeness (QED) is 0.161. The van der Waals surface area contributed by atoms with E-state index in [-0.39, 0.29) is 56.1 Å². The molecular weight excluding hydrogens is 836 g/mol. The Labute approximate surface area is 417 Å². The second-order valence-corrected chi connectivity index (χ2v) is 29.1. The fourth-order valence-electron chi connectivity index (χ4n) is 14.1. The van der Waals surface area contributed by atoms with Crippen LogP contribution in [0.4, 0.5) is 28.4 Å². The third-order valence-corrected chi connectivity index (χ3v) is 19.3. The van der Waals surface area contributed by atoms with Gasteiger partial charge in [0.2, 0.25) is 0 Å². The van der Waals surface area contributed by atoms with Gasteiger partial charge in [-0.1, -0.05) is 161 Å². The van der Waals surface area contributed by atoms with Crippen LogP contribution in [0, 0.1) is 17.8 Å². The molecule has 1 atom stereocenters. The molecule has 0 spiro atoms. The molecule has 4 aliphatic carbocycles. The zero-order chi connectivity index (χ0) is 49.7. The molecule has 11 rings (SSSR count). The number of hydrogen-bond acceptors (Lipinski definition) is 3. The van der Waals surface area contributed by atoms with E-state index in [2.05, 4.69) is 208 Å². The Hall–Kier alpha value is -4.44. The maximum Gasteiger partial charge on any atom is 0.297 e. The molecule has 3 nitrogen and oxygen atoms in total. The fraction of sp³-hybridized carbons (Fsp3) is 0.538. The summed E-state index contributed by atoms with van der Waals surface area (Å²) in [6, 6.07) is 23.1. The zero-order valence-corrected chi connectivity index (χ0v) is 46.3. The Morgan fingerprint density at radius 1 is 0.551 bits per heavy atom. The number of nitrogens with zero attached hydrogens (tertiary/aromatic N) is 2. The highest BCUT2D eigenvalue weighted by atomic mass is 16.3. The molecule has 1 unspecified atom stereocenters. The maximum absolute atomic E-state index is 7.75. The van der Waals surface area contributed by atoms with Gasteiger partial charge in [-0.3, -0.25) is 0 Å². The van der Waals surface area contributed by atoms with Gasteiger partial charge in [-0.2, -0.15) is 0 Å². The molecule has 0 radical (unpaired) electrons. The molecule has 0 fully saturated rings. The third kappa shape index (κ3) is 6.92. The second-order valence-electron chi connectivity index (χ2n) is 29.1. The van der Waals surface area contributed by atoms with Crippen LogP contribution in [-0.2, 0) is 32.5 Å². The third-order valence-electron chi connectivity index (χ3n) is 19.3. The van der Waals surface area contributed by atoms with Crippen molar-refractivity contribution in [1.29, 1.82) is 0 Å². The SMILES string of the molecule is Cc1cc(C(C)(C)C)ccc1N1c2cc(C(C)(C)C)cc3c2B(c2cc4c(cc2N3C2C=CC3=C(C2)C(C)(C)CCC3(C)C)C(C)(C)CCC4(C)C)c2oc3cc4c(cc3c21)C(C)(C)CCC4(C)C. The van der Waals surface area contributed by atoms with Crippen LogP contribution in [0.1, 0.15) is 209 Å². The Bertz CT molecular complexity index is 3090. The Morgan fingerprint density at radius 3 is 1.68 bits per heavy atom. The number of rotatable bonds is 2. The lowest BCUT2D eigenvalue weighted by atomic mass is 9.35. The lowest BCUT2D eigenvalue weighted by Crippen LogP contribution is -2.63. The molecule has 0 N–H and O–H groups in total. The standard InChI is InChI=1S/C65H83BN2O/c1-38-30-39(58(2,3)4)20-23-50(38)68-53-32-40(59(5,6)7)31-52-55(53)66(57-56(68)42-34-45-48(37-54(42)69-57)65(18,19)29-26-62(45,12)13)49-35-46-47(64(16,17)28-27-63(46,14)15)36-51(49)67(52)41-21-22-43-44(33-41)61(10,11)25-24-60(43,8)9/h20-23,30-32,34-37,41H,24-29,33H2,1-19H3. The number of fused-ring (bicyclic) bond motifs is 8. The first-order valence-electron chi connectivity index (χ1n) is 26.9. The van der Waals surface area contributed by atoms with Gasteiger partial charge in [-0.25, -0.2) is 0 Å². The summed E-state index contributed by atoms with van der Waals surface area (Å²) in [6.45, 7) is 46.4. The molecule has 0 saturated heterocycles. The predicted molar refractivity (Wildman–Crippen MR) is 298 cm³/mol. The van der Waals surface area contributed by atoms with Crippen molar-refractivity contribution < 1.29 is 4.42 Å². The first-order valence-corrected chi connectivity index (χ1v) is 26.9. The van der Waals surface area contributed by atoms with Crippen LogP contribution >= 0.6 is 0 Å². The highest BCUT2D eigenvalue weighted by Crippen LogP contribution is 2.57. The minimum absolute atomic E-state index is 0.0309. The minimum atomic E-state index is -0.105. The summed E-state index contributed by atoms with van der Waals surface area (Å²) in [4.78, 5) is 5.53. The molecule has 4 heteroatoms. The van der Waals surface area contributed by atoms with E-state index in [9.17, 15) is 0 Å². The number of hydrogen-bond donors (Lipinski definition) is 0. The first-order chi connectivity index (χ1) is 31.8. The topological polar surface area (TPSA) is 19.6 Å². The summed E-state index contributed by atoms with van der Waals surface area (Å²) in [5.41, 5.74) is 25.0. The average molecular weight is 919 g/mol. The van der Waals surface area contributed by atoms with Gasteiger partial charge in [0.05, 0.1) is 17.4 Å². The molecule has 0 bridgehead atoms. The molecule has 69 heavy (non-hydrogen) atoms. The molecular formula is C65H83BN2O. The Balaban J connectivity index is 1.28. The summed E-state index contributed by atoms with van der Waals surface area (Å²) in [7, 11) is 0. The van der Waals surface area contributed by atoms with Crippen LogP contribution in [0.2, 0.25) is 0 Å². The van der Waals surface area contributed by atoms with Crippen molar-refractivity contribution in [3.63, 3.8) is 0 Å². The highest BCUT2D eigenvalue weighted by Gasteiger charge is 2.52. The normalized spacial score (nSPS) is 23.2. The van der Waals surface area contributed by atoms with Gasteiger partial charge in [0.25, 0.3) is 6.71 Å². The van der Waals surface area contributed by atoms with Gasteiger partial charge < -0.3 is 14.2 Å². The Kier molecular flexibility index (Phi) is 9.77. The molecule has 3 heterocycles.